The fraction of sp³-hybridized carbons (Fsp3) is 0.714. The predicted octanol–water partition coefficient (Wildman–Crippen LogP) is 1.01. The van der Waals surface area contributed by atoms with Gasteiger partial charge in [-0.2, -0.15) is 5.10 Å². The van der Waals surface area contributed by atoms with Crippen molar-refractivity contribution in [2.45, 2.75) is 50.9 Å². The maximum atomic E-state index is 12.5. The van der Waals surface area contributed by atoms with E-state index in [-0.39, 0.29) is 11.9 Å². The Hall–Kier alpha value is -1.37. The lowest BCUT2D eigenvalue weighted by Gasteiger charge is -2.37. The number of rotatable bonds is 4. The van der Waals surface area contributed by atoms with Crippen LogP contribution in [0.25, 0.3) is 0 Å². The number of aromatic nitrogens is 2. The highest BCUT2D eigenvalue weighted by atomic mass is 32.2. The van der Waals surface area contributed by atoms with Crippen LogP contribution in [-0.4, -0.2) is 53.1 Å². The second-order valence-corrected chi connectivity index (χ2v) is 8.26. The molecule has 0 spiro atoms. The van der Waals surface area contributed by atoms with Gasteiger partial charge in [0, 0.05) is 19.0 Å². The lowest BCUT2D eigenvalue weighted by atomic mass is 10.0. The van der Waals surface area contributed by atoms with E-state index >= 15 is 0 Å². The summed E-state index contributed by atoms with van der Waals surface area (Å²) in [6.07, 6.45) is 7.72. The summed E-state index contributed by atoms with van der Waals surface area (Å²) >= 11 is 0. The summed E-state index contributed by atoms with van der Waals surface area (Å²) in [4.78, 5) is 14.2. The van der Waals surface area contributed by atoms with E-state index in [1.165, 1.54) is 6.92 Å². The summed E-state index contributed by atoms with van der Waals surface area (Å²) in [6, 6.07) is 0.0229. The average Bonchev–Trinajstić information content (AvgIpc) is 2.82. The molecule has 1 amide bonds. The maximum Gasteiger partial charge on any atom is 0.240 e. The number of likely N-dealkylation sites (tertiary alicyclic amines) is 1. The molecule has 0 aliphatic carbocycles. The SMILES string of the molecule is Cc1cnn(C[C@@H]2CCCCN2C(=O)[C@@H](C)S(C)(=O)=O)c1. The summed E-state index contributed by atoms with van der Waals surface area (Å²) in [5.74, 6) is -0.286. The normalized spacial score (nSPS) is 21.3. The number of carbonyl (C=O) groups is 1. The molecule has 1 saturated heterocycles. The molecule has 118 valence electrons. The number of piperidine rings is 1. The van der Waals surface area contributed by atoms with Gasteiger partial charge in [-0.1, -0.05) is 0 Å². The fourth-order valence-corrected chi connectivity index (χ4v) is 3.18. The fourth-order valence-electron chi connectivity index (χ4n) is 2.68. The third kappa shape index (κ3) is 3.84. The minimum Gasteiger partial charge on any atom is -0.337 e. The second-order valence-electron chi connectivity index (χ2n) is 5.89. The number of hydrogen-bond donors (Lipinski definition) is 0. The molecule has 1 aromatic heterocycles. The van der Waals surface area contributed by atoms with Crippen molar-refractivity contribution < 1.29 is 13.2 Å². The molecule has 2 atom stereocenters. The Balaban J connectivity index is 2.13. The van der Waals surface area contributed by atoms with Gasteiger partial charge in [-0.3, -0.25) is 9.48 Å². The Kier molecular flexibility index (Phi) is 4.70. The Labute approximate surface area is 126 Å². The predicted molar refractivity (Wildman–Crippen MR) is 80.6 cm³/mol. The number of carbonyl (C=O) groups excluding carboxylic acids is 1. The molecular formula is C14H23N3O3S. The summed E-state index contributed by atoms with van der Waals surface area (Å²) in [5.41, 5.74) is 1.08. The Morgan fingerprint density at radius 1 is 1.48 bits per heavy atom. The third-order valence-electron chi connectivity index (χ3n) is 4.06. The molecule has 1 aliphatic heterocycles. The number of nitrogens with zero attached hydrogens (tertiary/aromatic N) is 3. The van der Waals surface area contributed by atoms with Crippen LogP contribution in [0.5, 0.6) is 0 Å². The van der Waals surface area contributed by atoms with Crippen LogP contribution in [0.2, 0.25) is 0 Å². The van der Waals surface area contributed by atoms with Gasteiger partial charge in [-0.15, -0.1) is 0 Å². The van der Waals surface area contributed by atoms with Gasteiger partial charge in [0.1, 0.15) is 5.25 Å². The van der Waals surface area contributed by atoms with E-state index in [4.69, 9.17) is 0 Å². The van der Waals surface area contributed by atoms with Crippen molar-refractivity contribution in [3.8, 4) is 0 Å². The van der Waals surface area contributed by atoms with Crippen LogP contribution in [0.3, 0.4) is 0 Å². The molecule has 21 heavy (non-hydrogen) atoms. The monoisotopic (exact) mass is 313 g/mol. The first-order chi connectivity index (χ1) is 9.79. The van der Waals surface area contributed by atoms with E-state index in [0.29, 0.717) is 13.1 Å². The molecule has 1 aliphatic rings. The molecule has 7 heteroatoms. The van der Waals surface area contributed by atoms with E-state index in [2.05, 4.69) is 5.10 Å². The first-order valence-electron chi connectivity index (χ1n) is 7.27. The van der Waals surface area contributed by atoms with Gasteiger partial charge < -0.3 is 4.90 Å². The zero-order valence-electron chi connectivity index (χ0n) is 12.8. The van der Waals surface area contributed by atoms with Crippen molar-refractivity contribution in [1.82, 2.24) is 14.7 Å². The van der Waals surface area contributed by atoms with Crippen molar-refractivity contribution in [3.05, 3.63) is 18.0 Å². The van der Waals surface area contributed by atoms with E-state index in [1.807, 2.05) is 17.8 Å². The van der Waals surface area contributed by atoms with Gasteiger partial charge in [-0.05, 0) is 38.7 Å². The quantitative estimate of drug-likeness (QED) is 0.831. The van der Waals surface area contributed by atoms with E-state index in [9.17, 15) is 13.2 Å². The second kappa shape index (κ2) is 6.17. The van der Waals surface area contributed by atoms with Gasteiger partial charge >= 0.3 is 0 Å². The molecule has 0 aromatic carbocycles. The summed E-state index contributed by atoms with van der Waals surface area (Å²) < 4.78 is 25.1. The first-order valence-corrected chi connectivity index (χ1v) is 9.23. The minimum absolute atomic E-state index is 0.0229. The molecule has 0 saturated carbocycles. The minimum atomic E-state index is -3.36. The molecule has 1 fully saturated rings. The average molecular weight is 313 g/mol. The van der Waals surface area contributed by atoms with E-state index < -0.39 is 15.1 Å². The third-order valence-corrected chi connectivity index (χ3v) is 5.55. The van der Waals surface area contributed by atoms with E-state index in [1.54, 1.807) is 11.1 Å². The zero-order valence-corrected chi connectivity index (χ0v) is 13.6. The first kappa shape index (κ1) is 16.0. The Morgan fingerprint density at radius 3 is 2.76 bits per heavy atom. The van der Waals surface area contributed by atoms with Gasteiger partial charge in [0.15, 0.2) is 9.84 Å². The molecule has 0 bridgehead atoms. The molecule has 0 N–H and O–H groups in total. The molecule has 2 rings (SSSR count). The van der Waals surface area contributed by atoms with Crippen LogP contribution in [0, 0.1) is 6.92 Å². The van der Waals surface area contributed by atoms with Gasteiger partial charge in [0.05, 0.1) is 18.8 Å². The standard InChI is InChI=1S/C14H23N3O3S/c1-11-8-15-16(9-11)10-13-6-4-5-7-17(13)14(18)12(2)21(3,19)20/h8-9,12-13H,4-7,10H2,1-3H3/t12-,13+/m1/s1. The van der Waals surface area contributed by atoms with Gasteiger partial charge in [0.25, 0.3) is 0 Å². The van der Waals surface area contributed by atoms with Crippen LogP contribution in [0.4, 0.5) is 0 Å². The smallest absolute Gasteiger partial charge is 0.240 e. The van der Waals surface area contributed by atoms with Crippen molar-refractivity contribution in [2.24, 2.45) is 0 Å². The highest BCUT2D eigenvalue weighted by molar-refractivity contribution is 7.92. The lowest BCUT2D eigenvalue weighted by Crippen LogP contribution is -2.50. The molecular weight excluding hydrogens is 290 g/mol. The summed E-state index contributed by atoms with van der Waals surface area (Å²) in [7, 11) is -3.36. The van der Waals surface area contributed by atoms with E-state index in [0.717, 1.165) is 31.1 Å². The largest absolute Gasteiger partial charge is 0.337 e. The summed E-state index contributed by atoms with van der Waals surface area (Å²) in [6.45, 7) is 4.69. The van der Waals surface area contributed by atoms with Crippen molar-refractivity contribution in [3.63, 3.8) is 0 Å². The number of amides is 1. The molecule has 2 heterocycles. The van der Waals surface area contributed by atoms with Crippen molar-refractivity contribution in [1.29, 1.82) is 0 Å². The van der Waals surface area contributed by atoms with Gasteiger partial charge in [-0.25, -0.2) is 8.42 Å². The molecule has 1 aromatic rings. The van der Waals surface area contributed by atoms with Crippen LogP contribution in [0.1, 0.15) is 31.7 Å². The summed E-state index contributed by atoms with van der Waals surface area (Å²) in [5, 5.41) is 3.28. The number of sulfone groups is 1. The van der Waals surface area contributed by atoms with Crippen LogP contribution in [0.15, 0.2) is 12.4 Å². The molecule has 6 nitrogen and oxygen atoms in total. The van der Waals surface area contributed by atoms with Crippen molar-refractivity contribution >= 4 is 15.7 Å². The Bertz CT molecular complexity index is 609. The number of hydrogen-bond acceptors (Lipinski definition) is 4. The number of aryl methyl sites for hydroxylation is 1. The van der Waals surface area contributed by atoms with Crippen LogP contribution >= 0.6 is 0 Å². The maximum absolute atomic E-state index is 12.5. The molecule has 0 unspecified atom stereocenters. The zero-order chi connectivity index (χ0) is 15.6. The highest BCUT2D eigenvalue weighted by Crippen LogP contribution is 2.21. The van der Waals surface area contributed by atoms with Crippen LogP contribution in [-0.2, 0) is 21.2 Å². The van der Waals surface area contributed by atoms with Crippen molar-refractivity contribution in [2.75, 3.05) is 12.8 Å². The topological polar surface area (TPSA) is 72.3 Å². The molecule has 0 radical (unpaired) electrons. The highest BCUT2D eigenvalue weighted by Gasteiger charge is 2.34. The Morgan fingerprint density at radius 2 is 2.19 bits per heavy atom. The van der Waals surface area contributed by atoms with Crippen LogP contribution < -0.4 is 0 Å². The lowest BCUT2D eigenvalue weighted by molar-refractivity contribution is -0.134. The van der Waals surface area contributed by atoms with Gasteiger partial charge in [0.2, 0.25) is 5.91 Å².